The molecule has 0 saturated heterocycles. The molecule has 0 amide bonds. The normalized spacial score (nSPS) is 10.2. The molecule has 0 saturated carbocycles. The summed E-state index contributed by atoms with van der Waals surface area (Å²) in [5.41, 5.74) is 1.00. The van der Waals surface area contributed by atoms with E-state index in [1.165, 1.54) is 19.6 Å². The first kappa shape index (κ1) is 7.66. The Balaban J connectivity index is 2.54. The van der Waals surface area contributed by atoms with Crippen molar-refractivity contribution in [2.75, 3.05) is 0 Å². The van der Waals surface area contributed by atoms with Crippen LogP contribution in [0.2, 0.25) is 0 Å². The fourth-order valence-electron chi connectivity index (χ4n) is 0.956. The van der Waals surface area contributed by atoms with Gasteiger partial charge in [-0.2, -0.15) is 4.98 Å². The first-order valence-corrected chi connectivity index (χ1v) is 3.60. The molecule has 0 aliphatic carbocycles. The number of aromatic amines is 1. The molecule has 2 rings (SSSR count). The zero-order valence-electron chi connectivity index (χ0n) is 6.81. The number of hydrogen-bond donors (Lipinski definition) is 1. The first-order chi connectivity index (χ1) is 6.27. The maximum atomic E-state index is 10.7. The average molecular weight is 178 g/mol. The van der Waals surface area contributed by atoms with Crippen molar-refractivity contribution < 1.29 is 9.53 Å². The number of rotatable bonds is 1. The van der Waals surface area contributed by atoms with E-state index in [1.54, 1.807) is 0 Å². The molecule has 2 aromatic rings. The molecule has 2 aromatic heterocycles. The third-order valence-corrected chi connectivity index (χ3v) is 1.43. The van der Waals surface area contributed by atoms with Crippen molar-refractivity contribution >= 4 is 17.1 Å². The van der Waals surface area contributed by atoms with Crippen molar-refractivity contribution in [3.05, 3.63) is 12.7 Å². The van der Waals surface area contributed by atoms with Gasteiger partial charge >= 0.3 is 5.97 Å². The fraction of sp³-hybridized carbons (Fsp3) is 0.143. The van der Waals surface area contributed by atoms with Gasteiger partial charge < -0.3 is 9.72 Å². The SMILES string of the molecule is CC(=O)Oc1ncnc2nc[nH]c12. The van der Waals surface area contributed by atoms with Crippen LogP contribution in [0.1, 0.15) is 6.92 Å². The summed E-state index contributed by atoms with van der Waals surface area (Å²) in [5, 5.41) is 0. The maximum absolute atomic E-state index is 10.7. The summed E-state index contributed by atoms with van der Waals surface area (Å²) in [6.07, 6.45) is 2.76. The van der Waals surface area contributed by atoms with Gasteiger partial charge in [0, 0.05) is 6.92 Å². The molecule has 0 spiro atoms. The molecule has 2 heterocycles. The lowest BCUT2D eigenvalue weighted by Gasteiger charge is -1.98. The van der Waals surface area contributed by atoms with Crippen LogP contribution in [0.5, 0.6) is 5.88 Å². The molecule has 1 N–H and O–H groups in total. The third-order valence-electron chi connectivity index (χ3n) is 1.43. The highest BCUT2D eigenvalue weighted by Crippen LogP contribution is 2.16. The standard InChI is InChI=1S/C7H6N4O2/c1-4(12)13-7-5-6(9-2-8-5)10-3-11-7/h2-3H,1H3,(H,8,9,10,11). The molecule has 6 heteroatoms. The quantitative estimate of drug-likeness (QED) is 0.634. The fourth-order valence-corrected chi connectivity index (χ4v) is 0.956. The monoisotopic (exact) mass is 178 g/mol. The van der Waals surface area contributed by atoms with E-state index < -0.39 is 5.97 Å². The number of esters is 1. The molecule has 0 unspecified atom stereocenters. The Morgan fingerprint density at radius 1 is 1.46 bits per heavy atom. The molecule has 0 aromatic carbocycles. The summed E-state index contributed by atoms with van der Waals surface area (Å²) in [4.78, 5) is 25.0. The van der Waals surface area contributed by atoms with Gasteiger partial charge in [-0.3, -0.25) is 4.79 Å². The summed E-state index contributed by atoms with van der Waals surface area (Å²) < 4.78 is 4.82. The van der Waals surface area contributed by atoms with E-state index in [9.17, 15) is 4.79 Å². The minimum atomic E-state index is -0.422. The zero-order valence-corrected chi connectivity index (χ0v) is 6.81. The Morgan fingerprint density at radius 3 is 3.08 bits per heavy atom. The number of imidazole rings is 1. The first-order valence-electron chi connectivity index (χ1n) is 3.60. The van der Waals surface area contributed by atoms with Crippen LogP contribution in [0.15, 0.2) is 12.7 Å². The van der Waals surface area contributed by atoms with Crippen molar-refractivity contribution in [1.82, 2.24) is 19.9 Å². The smallest absolute Gasteiger partial charge is 0.309 e. The van der Waals surface area contributed by atoms with Crippen LogP contribution in [0.3, 0.4) is 0 Å². The Hall–Kier alpha value is -1.98. The molecular formula is C7H6N4O2. The van der Waals surface area contributed by atoms with Crippen molar-refractivity contribution in [2.45, 2.75) is 6.92 Å². The number of H-pyrrole nitrogens is 1. The number of nitrogens with zero attached hydrogens (tertiary/aromatic N) is 3. The van der Waals surface area contributed by atoms with Crippen LogP contribution >= 0.6 is 0 Å². The second-order valence-electron chi connectivity index (χ2n) is 2.37. The summed E-state index contributed by atoms with van der Waals surface area (Å²) in [6.45, 7) is 1.31. The van der Waals surface area contributed by atoms with Crippen LogP contribution in [0.4, 0.5) is 0 Å². The van der Waals surface area contributed by atoms with E-state index >= 15 is 0 Å². The van der Waals surface area contributed by atoms with Crippen molar-refractivity contribution in [3.63, 3.8) is 0 Å². The molecule has 6 nitrogen and oxygen atoms in total. The number of nitrogens with one attached hydrogen (secondary N) is 1. The molecule has 0 bridgehead atoms. The lowest BCUT2D eigenvalue weighted by atomic mass is 10.5. The Labute approximate surface area is 73.0 Å². The van der Waals surface area contributed by atoms with E-state index in [4.69, 9.17) is 4.74 Å². The lowest BCUT2D eigenvalue weighted by Crippen LogP contribution is -2.03. The number of fused-ring (bicyclic) bond motifs is 1. The van der Waals surface area contributed by atoms with Gasteiger partial charge in [-0.25, -0.2) is 9.97 Å². The molecule has 0 atom stereocenters. The van der Waals surface area contributed by atoms with E-state index in [0.29, 0.717) is 11.2 Å². The van der Waals surface area contributed by atoms with E-state index in [1.807, 2.05) is 0 Å². The van der Waals surface area contributed by atoms with Gasteiger partial charge in [0.15, 0.2) is 5.65 Å². The number of aromatic nitrogens is 4. The largest absolute Gasteiger partial charge is 0.405 e. The topological polar surface area (TPSA) is 80.8 Å². The highest BCUT2D eigenvalue weighted by atomic mass is 16.5. The molecule has 13 heavy (non-hydrogen) atoms. The van der Waals surface area contributed by atoms with Crippen LogP contribution in [0.25, 0.3) is 11.2 Å². The van der Waals surface area contributed by atoms with E-state index in [0.717, 1.165) is 0 Å². The minimum absolute atomic E-state index is 0.204. The van der Waals surface area contributed by atoms with Gasteiger partial charge in [-0.15, -0.1) is 0 Å². The van der Waals surface area contributed by atoms with Gasteiger partial charge in [0.05, 0.1) is 6.33 Å². The summed E-state index contributed by atoms with van der Waals surface area (Å²) in [7, 11) is 0. The van der Waals surface area contributed by atoms with Crippen molar-refractivity contribution in [3.8, 4) is 5.88 Å². The minimum Gasteiger partial charge on any atom is -0.405 e. The lowest BCUT2D eigenvalue weighted by molar-refractivity contribution is -0.132. The van der Waals surface area contributed by atoms with Gasteiger partial charge in [0.2, 0.25) is 0 Å². The van der Waals surface area contributed by atoms with Crippen LogP contribution in [-0.4, -0.2) is 25.9 Å². The predicted molar refractivity (Wildman–Crippen MR) is 43.0 cm³/mol. The summed E-state index contributed by atoms with van der Waals surface area (Å²) in [5.74, 6) is -0.218. The number of ether oxygens (including phenoxy) is 1. The average Bonchev–Trinajstić information content (AvgIpc) is 2.51. The van der Waals surface area contributed by atoms with Crippen LogP contribution in [0, 0.1) is 0 Å². The molecule has 0 fully saturated rings. The summed E-state index contributed by atoms with van der Waals surface area (Å²) >= 11 is 0. The number of carbonyl (C=O) groups excluding carboxylic acids is 1. The summed E-state index contributed by atoms with van der Waals surface area (Å²) in [6, 6.07) is 0. The van der Waals surface area contributed by atoms with Gasteiger partial charge in [-0.05, 0) is 0 Å². The zero-order chi connectivity index (χ0) is 9.26. The second kappa shape index (κ2) is 2.81. The van der Waals surface area contributed by atoms with Gasteiger partial charge in [0.25, 0.3) is 5.88 Å². The van der Waals surface area contributed by atoms with Crippen LogP contribution < -0.4 is 4.74 Å². The Morgan fingerprint density at radius 2 is 2.31 bits per heavy atom. The van der Waals surface area contributed by atoms with Gasteiger partial charge in [-0.1, -0.05) is 0 Å². The Bertz CT molecular complexity index is 450. The number of hydrogen-bond acceptors (Lipinski definition) is 5. The molecule has 0 aliphatic heterocycles. The molecule has 0 aliphatic rings. The van der Waals surface area contributed by atoms with Crippen LogP contribution in [-0.2, 0) is 4.79 Å². The maximum Gasteiger partial charge on any atom is 0.309 e. The highest BCUT2D eigenvalue weighted by Gasteiger charge is 2.07. The Kier molecular flexibility index (Phi) is 1.66. The molecule has 0 radical (unpaired) electrons. The van der Waals surface area contributed by atoms with Crippen molar-refractivity contribution in [1.29, 1.82) is 0 Å². The highest BCUT2D eigenvalue weighted by molar-refractivity contribution is 5.79. The van der Waals surface area contributed by atoms with E-state index in [2.05, 4.69) is 19.9 Å². The second-order valence-corrected chi connectivity index (χ2v) is 2.37. The number of carbonyl (C=O) groups is 1. The van der Waals surface area contributed by atoms with Crippen molar-refractivity contribution in [2.24, 2.45) is 0 Å². The van der Waals surface area contributed by atoms with E-state index in [-0.39, 0.29) is 5.88 Å². The molecule has 66 valence electrons. The third kappa shape index (κ3) is 1.33. The molecular weight excluding hydrogens is 172 g/mol. The predicted octanol–water partition coefficient (Wildman–Crippen LogP) is 0.278. The van der Waals surface area contributed by atoms with Gasteiger partial charge in [0.1, 0.15) is 11.8 Å².